The first-order valence-electron chi connectivity index (χ1n) is 3.61. The van der Waals surface area contributed by atoms with Gasteiger partial charge < -0.3 is 10.0 Å². The monoisotopic (exact) mass is 141 g/mol. The fraction of sp³-hybridized carbons (Fsp3) is 0.750. The van der Waals surface area contributed by atoms with Gasteiger partial charge in [0.2, 0.25) is 0 Å². The molecule has 0 saturated carbocycles. The van der Waals surface area contributed by atoms with Gasteiger partial charge in [-0.2, -0.15) is 0 Å². The smallest absolute Gasteiger partial charge is 0.0558 e. The van der Waals surface area contributed by atoms with E-state index in [0.717, 1.165) is 26.1 Å². The summed E-state index contributed by atoms with van der Waals surface area (Å²) in [5, 5.41) is 8.57. The van der Waals surface area contributed by atoms with Gasteiger partial charge in [0, 0.05) is 19.5 Å². The summed E-state index contributed by atoms with van der Waals surface area (Å²) < 4.78 is 0. The second kappa shape index (κ2) is 6.60. The molecule has 58 valence electrons. The van der Waals surface area contributed by atoms with Crippen molar-refractivity contribution in [2.45, 2.75) is 13.3 Å². The molecule has 0 saturated heterocycles. The number of hydrogen-bond donors (Lipinski definition) is 1. The van der Waals surface area contributed by atoms with Gasteiger partial charge in [0.1, 0.15) is 0 Å². The summed E-state index contributed by atoms with van der Waals surface area (Å²) in [5.74, 6) is 2.57. The van der Waals surface area contributed by atoms with Crippen LogP contribution in [0.15, 0.2) is 0 Å². The molecule has 1 N–H and O–H groups in total. The maximum atomic E-state index is 8.57. The molecule has 0 heterocycles. The summed E-state index contributed by atoms with van der Waals surface area (Å²) in [4.78, 5) is 2.12. The predicted molar refractivity (Wildman–Crippen MR) is 42.6 cm³/mol. The topological polar surface area (TPSA) is 23.5 Å². The summed E-state index contributed by atoms with van der Waals surface area (Å²) >= 11 is 0. The third-order valence-electron chi connectivity index (χ3n) is 1.44. The summed E-state index contributed by atoms with van der Waals surface area (Å²) in [6.45, 7) is 4.87. The molecule has 0 aromatic heterocycles. The van der Waals surface area contributed by atoms with E-state index in [1.54, 1.807) is 0 Å². The van der Waals surface area contributed by atoms with Crippen LogP contribution < -0.4 is 0 Å². The van der Waals surface area contributed by atoms with Crippen LogP contribution in [0.2, 0.25) is 0 Å². The van der Waals surface area contributed by atoms with E-state index in [4.69, 9.17) is 11.5 Å². The molecule has 0 amide bonds. The average molecular weight is 141 g/mol. The molecule has 0 aliphatic heterocycles. The first-order valence-corrected chi connectivity index (χ1v) is 3.61. The molecule has 0 fully saturated rings. The second-order valence-electron chi connectivity index (χ2n) is 2.11. The third kappa shape index (κ3) is 4.37. The number of terminal acetylenes is 1. The molecular formula is C8H15NO. The Bertz CT molecular complexity index is 106. The highest BCUT2D eigenvalue weighted by atomic mass is 16.3. The van der Waals surface area contributed by atoms with Gasteiger partial charge >= 0.3 is 0 Å². The van der Waals surface area contributed by atoms with Crippen molar-refractivity contribution in [1.29, 1.82) is 0 Å². The van der Waals surface area contributed by atoms with Gasteiger partial charge in [0.05, 0.1) is 6.61 Å². The van der Waals surface area contributed by atoms with E-state index < -0.39 is 0 Å². The summed E-state index contributed by atoms with van der Waals surface area (Å²) in [6, 6.07) is 0. The molecule has 0 aliphatic carbocycles. The van der Waals surface area contributed by atoms with Crippen molar-refractivity contribution < 1.29 is 5.11 Å². The lowest BCUT2D eigenvalue weighted by molar-refractivity contribution is 0.205. The molecule has 0 aromatic rings. The van der Waals surface area contributed by atoms with Crippen LogP contribution in [0, 0.1) is 12.3 Å². The Hall–Kier alpha value is -0.520. The molecule has 0 aliphatic rings. The lowest BCUT2D eigenvalue weighted by atomic mass is 10.4. The zero-order valence-electron chi connectivity index (χ0n) is 6.51. The van der Waals surface area contributed by atoms with E-state index >= 15 is 0 Å². The lowest BCUT2D eigenvalue weighted by Crippen LogP contribution is -2.27. The van der Waals surface area contributed by atoms with Crippen LogP contribution in [0.4, 0.5) is 0 Å². The number of aliphatic hydroxyl groups is 1. The van der Waals surface area contributed by atoms with Gasteiger partial charge in [-0.15, -0.1) is 12.3 Å². The molecule has 0 bridgehead atoms. The lowest BCUT2D eigenvalue weighted by Gasteiger charge is -2.16. The molecule has 0 unspecified atom stereocenters. The van der Waals surface area contributed by atoms with Crippen LogP contribution in [0.25, 0.3) is 0 Å². The Labute approximate surface area is 62.8 Å². The van der Waals surface area contributed by atoms with Crippen molar-refractivity contribution in [3.8, 4) is 12.3 Å². The quantitative estimate of drug-likeness (QED) is 0.557. The summed E-state index contributed by atoms with van der Waals surface area (Å²) in [5.41, 5.74) is 0. The number of hydrogen-bond acceptors (Lipinski definition) is 2. The molecule has 2 heteroatoms. The SMILES string of the molecule is C#CCCN(CC)CCO. The van der Waals surface area contributed by atoms with E-state index in [2.05, 4.69) is 17.7 Å². The number of likely N-dealkylation sites (N-methyl/N-ethyl adjacent to an activating group) is 1. The molecule has 0 aromatic carbocycles. The Kier molecular flexibility index (Phi) is 6.25. The summed E-state index contributed by atoms with van der Waals surface area (Å²) in [7, 11) is 0. The van der Waals surface area contributed by atoms with Crippen molar-refractivity contribution in [3.63, 3.8) is 0 Å². The zero-order chi connectivity index (χ0) is 7.82. The fourth-order valence-electron chi connectivity index (χ4n) is 0.792. The average Bonchev–Trinajstić information content (AvgIpc) is 1.98. The van der Waals surface area contributed by atoms with Crippen LogP contribution in [0.5, 0.6) is 0 Å². The van der Waals surface area contributed by atoms with E-state index in [9.17, 15) is 0 Å². The van der Waals surface area contributed by atoms with E-state index in [0.29, 0.717) is 0 Å². The number of nitrogens with zero attached hydrogens (tertiary/aromatic N) is 1. The van der Waals surface area contributed by atoms with Crippen LogP contribution in [-0.4, -0.2) is 36.2 Å². The minimum atomic E-state index is 0.221. The van der Waals surface area contributed by atoms with Crippen molar-refractivity contribution in [3.05, 3.63) is 0 Å². The first kappa shape index (κ1) is 9.48. The minimum Gasteiger partial charge on any atom is -0.395 e. The Morgan fingerprint density at radius 3 is 2.60 bits per heavy atom. The van der Waals surface area contributed by atoms with Crippen molar-refractivity contribution >= 4 is 0 Å². The summed E-state index contributed by atoms with van der Waals surface area (Å²) in [6.07, 6.45) is 5.86. The molecule has 0 spiro atoms. The number of aliphatic hydroxyl groups excluding tert-OH is 1. The van der Waals surface area contributed by atoms with Crippen LogP contribution in [-0.2, 0) is 0 Å². The van der Waals surface area contributed by atoms with Crippen LogP contribution in [0.3, 0.4) is 0 Å². The zero-order valence-corrected chi connectivity index (χ0v) is 6.51. The largest absolute Gasteiger partial charge is 0.395 e. The predicted octanol–water partition coefficient (Wildman–Crippen LogP) is 0.324. The highest BCUT2D eigenvalue weighted by Gasteiger charge is 1.97. The second-order valence-corrected chi connectivity index (χ2v) is 2.11. The van der Waals surface area contributed by atoms with Crippen LogP contribution in [0.1, 0.15) is 13.3 Å². The van der Waals surface area contributed by atoms with Gasteiger partial charge in [0.15, 0.2) is 0 Å². The molecule has 0 rings (SSSR count). The van der Waals surface area contributed by atoms with E-state index in [1.807, 2.05) is 0 Å². The van der Waals surface area contributed by atoms with Crippen molar-refractivity contribution in [1.82, 2.24) is 4.90 Å². The van der Waals surface area contributed by atoms with Gasteiger partial charge in [-0.3, -0.25) is 0 Å². The molecular weight excluding hydrogens is 126 g/mol. The van der Waals surface area contributed by atoms with E-state index in [1.165, 1.54) is 0 Å². The van der Waals surface area contributed by atoms with Gasteiger partial charge in [-0.1, -0.05) is 6.92 Å². The molecule has 0 atom stereocenters. The third-order valence-corrected chi connectivity index (χ3v) is 1.44. The first-order chi connectivity index (χ1) is 4.85. The normalized spacial score (nSPS) is 9.80. The van der Waals surface area contributed by atoms with Crippen LogP contribution >= 0.6 is 0 Å². The van der Waals surface area contributed by atoms with Crippen molar-refractivity contribution in [2.24, 2.45) is 0 Å². The Morgan fingerprint density at radius 2 is 2.20 bits per heavy atom. The minimum absolute atomic E-state index is 0.221. The molecule has 0 radical (unpaired) electrons. The number of rotatable bonds is 5. The Morgan fingerprint density at radius 1 is 1.50 bits per heavy atom. The van der Waals surface area contributed by atoms with Crippen molar-refractivity contribution in [2.75, 3.05) is 26.2 Å². The van der Waals surface area contributed by atoms with Gasteiger partial charge in [-0.25, -0.2) is 0 Å². The van der Waals surface area contributed by atoms with Gasteiger partial charge in [-0.05, 0) is 6.54 Å². The Balaban J connectivity index is 3.32. The highest BCUT2D eigenvalue weighted by molar-refractivity contribution is 4.84. The van der Waals surface area contributed by atoms with E-state index in [-0.39, 0.29) is 6.61 Å². The maximum absolute atomic E-state index is 8.57. The fourth-order valence-corrected chi connectivity index (χ4v) is 0.792. The standard InChI is InChI=1S/C8H15NO/c1-3-5-6-9(4-2)7-8-10/h1,10H,4-8H2,2H3. The highest BCUT2D eigenvalue weighted by Crippen LogP contribution is 1.88. The molecule has 2 nitrogen and oxygen atoms in total. The van der Waals surface area contributed by atoms with Gasteiger partial charge in [0.25, 0.3) is 0 Å². The molecule has 10 heavy (non-hydrogen) atoms. The maximum Gasteiger partial charge on any atom is 0.0558 e.